The number of ether oxygens (including phenoxy) is 1. The summed E-state index contributed by atoms with van der Waals surface area (Å²) in [6.45, 7) is 3.47. The molecule has 126 valence electrons. The Hall–Kier alpha value is -2.40. The Kier molecular flexibility index (Phi) is 6.32. The lowest BCUT2D eigenvalue weighted by Gasteiger charge is -2.15. The lowest BCUT2D eigenvalue weighted by molar-refractivity contribution is -0.153. The highest BCUT2D eigenvalue weighted by atomic mass is 35.5. The number of hydrogen-bond donors (Lipinski definition) is 1. The van der Waals surface area contributed by atoms with Crippen LogP contribution in [0.15, 0.2) is 48.7 Å². The van der Waals surface area contributed by atoms with Gasteiger partial charge in [0.2, 0.25) is 0 Å². The SMILES string of the molecule is C[C@H](OC(=O)C[C@H](C)c1ccccc1)C(=O)Nc1ccc(Cl)cn1. The van der Waals surface area contributed by atoms with Crippen molar-refractivity contribution >= 4 is 29.3 Å². The van der Waals surface area contributed by atoms with Gasteiger partial charge in [-0.2, -0.15) is 0 Å². The van der Waals surface area contributed by atoms with Crippen molar-refractivity contribution < 1.29 is 14.3 Å². The number of benzene rings is 1. The van der Waals surface area contributed by atoms with E-state index in [-0.39, 0.29) is 12.3 Å². The summed E-state index contributed by atoms with van der Waals surface area (Å²) >= 11 is 5.73. The molecule has 0 fully saturated rings. The molecule has 0 saturated heterocycles. The van der Waals surface area contributed by atoms with Crippen molar-refractivity contribution in [3.63, 3.8) is 0 Å². The van der Waals surface area contributed by atoms with Crippen molar-refractivity contribution in [2.75, 3.05) is 5.32 Å². The molecule has 1 aromatic heterocycles. The van der Waals surface area contributed by atoms with E-state index in [0.717, 1.165) is 5.56 Å². The topological polar surface area (TPSA) is 68.3 Å². The molecule has 1 amide bonds. The van der Waals surface area contributed by atoms with Gasteiger partial charge in [0.15, 0.2) is 6.10 Å². The number of rotatable bonds is 6. The molecule has 0 saturated carbocycles. The second-order valence-electron chi connectivity index (χ2n) is 5.50. The standard InChI is InChI=1S/C18H19ClN2O3/c1-12(14-6-4-3-5-7-14)10-17(22)24-13(2)18(23)21-16-9-8-15(19)11-20-16/h3-9,11-13H,10H2,1-2H3,(H,20,21,23)/t12-,13-/m0/s1. The molecule has 2 rings (SSSR count). The summed E-state index contributed by atoms with van der Waals surface area (Å²) in [5, 5.41) is 3.05. The number of aromatic nitrogens is 1. The van der Waals surface area contributed by atoms with Gasteiger partial charge in [-0.1, -0.05) is 48.9 Å². The molecule has 6 heteroatoms. The lowest BCUT2D eigenvalue weighted by Crippen LogP contribution is -2.30. The highest BCUT2D eigenvalue weighted by molar-refractivity contribution is 6.30. The molecule has 2 aromatic rings. The Morgan fingerprint density at radius 3 is 2.50 bits per heavy atom. The second-order valence-corrected chi connectivity index (χ2v) is 5.94. The van der Waals surface area contributed by atoms with Crippen LogP contribution in [0.1, 0.15) is 31.7 Å². The molecule has 1 aromatic carbocycles. The van der Waals surface area contributed by atoms with Crippen LogP contribution in [0.4, 0.5) is 5.82 Å². The maximum absolute atomic E-state index is 12.0. The van der Waals surface area contributed by atoms with Crippen LogP contribution in [-0.4, -0.2) is 23.0 Å². The fraction of sp³-hybridized carbons (Fsp3) is 0.278. The number of carbonyl (C=O) groups excluding carboxylic acids is 2. The van der Waals surface area contributed by atoms with Crippen molar-refractivity contribution in [1.29, 1.82) is 0 Å². The van der Waals surface area contributed by atoms with E-state index < -0.39 is 18.0 Å². The fourth-order valence-corrected chi connectivity index (χ4v) is 2.24. The number of esters is 1. The summed E-state index contributed by atoms with van der Waals surface area (Å²) in [7, 11) is 0. The normalized spacial score (nSPS) is 13.0. The van der Waals surface area contributed by atoms with Gasteiger partial charge in [-0.05, 0) is 30.5 Å². The van der Waals surface area contributed by atoms with E-state index in [4.69, 9.17) is 16.3 Å². The Morgan fingerprint density at radius 2 is 1.88 bits per heavy atom. The minimum Gasteiger partial charge on any atom is -0.453 e. The van der Waals surface area contributed by atoms with Gasteiger partial charge in [0, 0.05) is 6.20 Å². The molecule has 0 aliphatic rings. The van der Waals surface area contributed by atoms with Crippen molar-refractivity contribution in [3.8, 4) is 0 Å². The van der Waals surface area contributed by atoms with E-state index in [9.17, 15) is 9.59 Å². The number of hydrogen-bond acceptors (Lipinski definition) is 4. The molecule has 2 atom stereocenters. The van der Waals surface area contributed by atoms with Crippen LogP contribution in [0.2, 0.25) is 5.02 Å². The van der Waals surface area contributed by atoms with Gasteiger partial charge in [0.25, 0.3) is 5.91 Å². The van der Waals surface area contributed by atoms with Crippen LogP contribution < -0.4 is 5.32 Å². The van der Waals surface area contributed by atoms with Gasteiger partial charge in [0.1, 0.15) is 5.82 Å². The van der Waals surface area contributed by atoms with Crippen LogP contribution in [0.3, 0.4) is 0 Å². The molecule has 0 aliphatic heterocycles. The monoisotopic (exact) mass is 346 g/mol. The number of amides is 1. The molecule has 0 aliphatic carbocycles. The zero-order chi connectivity index (χ0) is 17.5. The van der Waals surface area contributed by atoms with Crippen LogP contribution in [-0.2, 0) is 14.3 Å². The van der Waals surface area contributed by atoms with E-state index in [1.54, 1.807) is 12.1 Å². The highest BCUT2D eigenvalue weighted by Crippen LogP contribution is 2.19. The van der Waals surface area contributed by atoms with E-state index in [2.05, 4.69) is 10.3 Å². The van der Waals surface area contributed by atoms with Crippen molar-refractivity contribution in [2.45, 2.75) is 32.3 Å². The first-order valence-electron chi connectivity index (χ1n) is 7.62. The van der Waals surface area contributed by atoms with E-state index >= 15 is 0 Å². The summed E-state index contributed by atoms with van der Waals surface area (Å²) in [6, 6.07) is 12.9. The number of carbonyl (C=O) groups is 2. The van der Waals surface area contributed by atoms with Gasteiger partial charge >= 0.3 is 5.97 Å². The summed E-state index contributed by atoms with van der Waals surface area (Å²) in [5.74, 6) is -0.486. The van der Waals surface area contributed by atoms with Crippen LogP contribution >= 0.6 is 11.6 Å². The predicted octanol–water partition coefficient (Wildman–Crippen LogP) is 3.80. The number of anilines is 1. The van der Waals surface area contributed by atoms with Crippen molar-refractivity contribution in [2.24, 2.45) is 0 Å². The first-order valence-corrected chi connectivity index (χ1v) is 8.00. The maximum atomic E-state index is 12.0. The third kappa shape index (κ3) is 5.35. The summed E-state index contributed by atoms with van der Waals surface area (Å²) in [5.41, 5.74) is 1.05. The third-order valence-electron chi connectivity index (χ3n) is 3.50. The average Bonchev–Trinajstić information content (AvgIpc) is 2.57. The van der Waals surface area contributed by atoms with Gasteiger partial charge < -0.3 is 10.1 Å². The molecular formula is C18H19ClN2O3. The van der Waals surface area contributed by atoms with Gasteiger partial charge in [-0.3, -0.25) is 9.59 Å². The Labute approximate surface area is 146 Å². The molecular weight excluding hydrogens is 328 g/mol. The molecule has 0 bridgehead atoms. The predicted molar refractivity (Wildman–Crippen MR) is 92.9 cm³/mol. The minimum atomic E-state index is -0.905. The zero-order valence-corrected chi connectivity index (χ0v) is 14.3. The fourth-order valence-electron chi connectivity index (χ4n) is 2.13. The molecule has 1 heterocycles. The highest BCUT2D eigenvalue weighted by Gasteiger charge is 2.20. The van der Waals surface area contributed by atoms with Gasteiger partial charge in [-0.25, -0.2) is 4.98 Å². The Bertz CT molecular complexity index is 689. The van der Waals surface area contributed by atoms with Crippen LogP contribution in [0, 0.1) is 0 Å². The Balaban J connectivity index is 1.84. The Morgan fingerprint density at radius 1 is 1.17 bits per heavy atom. The number of nitrogens with one attached hydrogen (secondary N) is 1. The molecule has 24 heavy (non-hydrogen) atoms. The largest absolute Gasteiger partial charge is 0.453 e. The second kappa shape index (κ2) is 8.45. The third-order valence-corrected chi connectivity index (χ3v) is 3.72. The first kappa shape index (κ1) is 17.9. The minimum absolute atomic E-state index is 0.0203. The molecule has 5 nitrogen and oxygen atoms in total. The summed E-state index contributed by atoms with van der Waals surface area (Å²) in [6.07, 6.45) is 0.730. The summed E-state index contributed by atoms with van der Waals surface area (Å²) in [4.78, 5) is 28.0. The van der Waals surface area contributed by atoms with Crippen molar-refractivity contribution in [3.05, 3.63) is 59.2 Å². The number of pyridine rings is 1. The van der Waals surface area contributed by atoms with Gasteiger partial charge in [0.05, 0.1) is 11.4 Å². The zero-order valence-electron chi connectivity index (χ0n) is 13.5. The van der Waals surface area contributed by atoms with E-state index in [1.807, 2.05) is 37.3 Å². The number of nitrogens with zero attached hydrogens (tertiary/aromatic N) is 1. The lowest BCUT2D eigenvalue weighted by atomic mass is 9.98. The summed E-state index contributed by atoms with van der Waals surface area (Å²) < 4.78 is 5.20. The van der Waals surface area contributed by atoms with Crippen LogP contribution in [0.5, 0.6) is 0 Å². The quantitative estimate of drug-likeness (QED) is 0.808. The first-order chi connectivity index (χ1) is 11.5. The van der Waals surface area contributed by atoms with Crippen molar-refractivity contribution in [1.82, 2.24) is 4.98 Å². The molecule has 0 radical (unpaired) electrons. The maximum Gasteiger partial charge on any atom is 0.307 e. The number of halogens is 1. The molecule has 0 unspecified atom stereocenters. The molecule has 1 N–H and O–H groups in total. The smallest absolute Gasteiger partial charge is 0.307 e. The van der Waals surface area contributed by atoms with Crippen LogP contribution in [0.25, 0.3) is 0 Å². The average molecular weight is 347 g/mol. The van der Waals surface area contributed by atoms with Gasteiger partial charge in [-0.15, -0.1) is 0 Å². The van der Waals surface area contributed by atoms with E-state index in [0.29, 0.717) is 10.8 Å². The molecule has 0 spiro atoms. The van der Waals surface area contributed by atoms with E-state index in [1.165, 1.54) is 13.1 Å².